The van der Waals surface area contributed by atoms with Crippen LogP contribution in [-0.4, -0.2) is 62.7 Å². The van der Waals surface area contributed by atoms with Gasteiger partial charge in [-0.15, -0.1) is 11.6 Å². The molecule has 2 aromatic rings. The minimum Gasteiger partial charge on any atom is -0.304 e. The molecule has 2 atom stereocenters. The van der Waals surface area contributed by atoms with Gasteiger partial charge in [-0.05, 0) is 138 Å². The maximum Gasteiger partial charge on any atom is 0.104 e. The third-order valence-corrected chi connectivity index (χ3v) is 10.6. The summed E-state index contributed by atoms with van der Waals surface area (Å²) in [5.41, 5.74) is 2.98. The van der Waals surface area contributed by atoms with Crippen molar-refractivity contribution >= 4 is 11.6 Å². The number of nitrogens with zero attached hydrogens (tertiary/aromatic N) is 3. The first-order chi connectivity index (χ1) is 24.5. The highest BCUT2D eigenvalue weighted by Crippen LogP contribution is 2.42. The summed E-state index contributed by atoms with van der Waals surface area (Å²) in [7, 11) is 0. The fourth-order valence-electron chi connectivity index (χ4n) is 7.87. The van der Waals surface area contributed by atoms with Crippen molar-refractivity contribution in [1.82, 2.24) is 15.0 Å². The molecule has 2 fully saturated rings. The van der Waals surface area contributed by atoms with E-state index in [1.165, 1.54) is 69.3 Å². The monoisotopic (exact) mass is 744 g/mol. The molecule has 52 heavy (non-hydrogen) atoms. The van der Waals surface area contributed by atoms with E-state index in [2.05, 4.69) is 166 Å². The van der Waals surface area contributed by atoms with E-state index in [0.717, 1.165) is 31.6 Å². The summed E-state index contributed by atoms with van der Waals surface area (Å²) in [6.07, 6.45) is 12.1. The summed E-state index contributed by atoms with van der Waals surface area (Å²) in [4.78, 5) is 15.5. The second kappa shape index (κ2) is 24.1. The molecule has 2 unspecified atom stereocenters. The number of hydrogen-bond acceptors (Lipinski definition) is 5. The first kappa shape index (κ1) is 48.5. The van der Waals surface area contributed by atoms with Crippen LogP contribution in [0.25, 0.3) is 0 Å². The largest absolute Gasteiger partial charge is 0.304 e. The number of piperidine rings is 2. The molecule has 6 heteroatoms. The molecule has 0 spiro atoms. The highest BCUT2D eigenvalue weighted by molar-refractivity contribution is 6.17. The number of benzene rings is 2. The zero-order valence-electron chi connectivity index (χ0n) is 36.4. The van der Waals surface area contributed by atoms with E-state index in [9.17, 15) is 0 Å². The topological polar surface area (TPSA) is 28.2 Å². The smallest absolute Gasteiger partial charge is 0.104 e. The Bertz CT molecular complexity index is 1040. The molecule has 0 radical (unpaired) electrons. The van der Waals surface area contributed by atoms with Gasteiger partial charge in [0, 0.05) is 28.0 Å². The standard InChI is InChI=1S/2C19H31NO.C6H15N.C2H5Cl/c2*1-6-11-17(16-12-8-7-9-13-16)21-20-18(2,3)14-10-15-19(20,4)5;1-4-7(5-2)6-3;1-2-3/h2*7-9,12-13,17H,6,10-11,14-15H2,1-5H3;4-6H2,1-3H3;2H2,1H3. The van der Waals surface area contributed by atoms with E-state index in [0.29, 0.717) is 0 Å². The molecule has 0 N–H and O–H groups in total. The Hall–Kier alpha value is -1.47. The van der Waals surface area contributed by atoms with E-state index < -0.39 is 0 Å². The average Bonchev–Trinajstić information content (AvgIpc) is 3.09. The van der Waals surface area contributed by atoms with Crippen molar-refractivity contribution in [2.45, 2.75) is 196 Å². The summed E-state index contributed by atoms with van der Waals surface area (Å²) >= 11 is 5.00. The first-order valence-corrected chi connectivity index (χ1v) is 21.4. The molecule has 2 heterocycles. The lowest BCUT2D eigenvalue weighted by Gasteiger charge is -2.52. The van der Waals surface area contributed by atoms with E-state index >= 15 is 0 Å². The quantitative estimate of drug-likeness (QED) is 0.191. The van der Waals surface area contributed by atoms with Crippen LogP contribution in [0.2, 0.25) is 0 Å². The number of hydroxylamine groups is 4. The number of hydrogen-bond donors (Lipinski definition) is 0. The number of rotatable bonds is 13. The molecule has 0 aromatic heterocycles. The van der Waals surface area contributed by atoms with Crippen molar-refractivity contribution in [2.75, 3.05) is 25.5 Å². The maximum absolute atomic E-state index is 6.58. The molecule has 2 aliphatic heterocycles. The van der Waals surface area contributed by atoms with Crippen molar-refractivity contribution < 1.29 is 9.68 Å². The fraction of sp³-hybridized carbons (Fsp3) is 0.739. The zero-order chi connectivity index (χ0) is 39.4. The summed E-state index contributed by atoms with van der Waals surface area (Å²) in [5.74, 6) is 0.722. The second-order valence-electron chi connectivity index (χ2n) is 17.0. The van der Waals surface area contributed by atoms with Crippen LogP contribution in [0, 0.1) is 0 Å². The summed E-state index contributed by atoms with van der Waals surface area (Å²) in [5, 5.41) is 4.58. The van der Waals surface area contributed by atoms with Crippen molar-refractivity contribution in [3.63, 3.8) is 0 Å². The Morgan fingerprint density at radius 1 is 0.538 bits per heavy atom. The molecular formula is C46H82ClN3O2. The fourth-order valence-corrected chi connectivity index (χ4v) is 7.87. The van der Waals surface area contributed by atoms with Gasteiger partial charge in [0.25, 0.3) is 0 Å². The summed E-state index contributed by atoms with van der Waals surface area (Å²) < 4.78 is 0. The lowest BCUT2D eigenvalue weighted by Crippen LogP contribution is -2.58. The van der Waals surface area contributed by atoms with Crippen LogP contribution in [0.3, 0.4) is 0 Å². The maximum atomic E-state index is 6.58. The van der Waals surface area contributed by atoms with Crippen LogP contribution in [0.15, 0.2) is 60.7 Å². The molecule has 4 rings (SSSR count). The van der Waals surface area contributed by atoms with Crippen molar-refractivity contribution in [3.8, 4) is 0 Å². The van der Waals surface area contributed by atoms with Crippen molar-refractivity contribution in [3.05, 3.63) is 71.8 Å². The van der Waals surface area contributed by atoms with Gasteiger partial charge in [-0.25, -0.2) is 0 Å². The predicted molar refractivity (Wildman–Crippen MR) is 228 cm³/mol. The molecule has 0 amide bonds. The normalized spacial score (nSPS) is 20.2. The Morgan fingerprint density at radius 3 is 1.02 bits per heavy atom. The Labute approximate surface area is 328 Å². The van der Waals surface area contributed by atoms with Gasteiger partial charge in [-0.2, -0.15) is 10.1 Å². The van der Waals surface area contributed by atoms with Gasteiger partial charge >= 0.3 is 0 Å². The van der Waals surface area contributed by atoms with E-state index in [1.807, 2.05) is 6.92 Å². The Morgan fingerprint density at radius 2 is 0.808 bits per heavy atom. The van der Waals surface area contributed by atoms with Gasteiger partial charge in [-0.3, -0.25) is 9.68 Å². The molecule has 2 aromatic carbocycles. The number of alkyl halides is 1. The SMILES string of the molecule is CCCC(ON1C(C)(C)CCCC1(C)C)c1ccccc1.CCCC(ON1C(C)(C)CCCC1(C)C)c1ccccc1.CCCl.CCN(CC)CC. The van der Waals surface area contributed by atoms with Gasteiger partial charge in [0.15, 0.2) is 0 Å². The van der Waals surface area contributed by atoms with Crippen LogP contribution >= 0.6 is 11.6 Å². The molecule has 5 nitrogen and oxygen atoms in total. The minimum absolute atomic E-state index is 0.0997. The van der Waals surface area contributed by atoms with E-state index in [1.54, 1.807) is 0 Å². The van der Waals surface area contributed by atoms with Crippen LogP contribution in [0.1, 0.15) is 184 Å². The first-order valence-electron chi connectivity index (χ1n) is 20.8. The molecule has 300 valence electrons. The molecule has 0 aliphatic carbocycles. The van der Waals surface area contributed by atoms with Crippen LogP contribution < -0.4 is 0 Å². The molecular weight excluding hydrogens is 662 g/mol. The molecule has 2 saturated heterocycles. The second-order valence-corrected chi connectivity index (χ2v) is 17.6. The van der Waals surface area contributed by atoms with Gasteiger partial charge in [0.05, 0.1) is 0 Å². The highest BCUT2D eigenvalue weighted by atomic mass is 35.5. The Balaban J connectivity index is 0.000000414. The highest BCUT2D eigenvalue weighted by Gasteiger charge is 2.44. The van der Waals surface area contributed by atoms with Gasteiger partial charge < -0.3 is 4.90 Å². The van der Waals surface area contributed by atoms with Gasteiger partial charge in [0.2, 0.25) is 0 Å². The molecule has 0 saturated carbocycles. The average molecular weight is 745 g/mol. The van der Waals surface area contributed by atoms with E-state index in [4.69, 9.17) is 21.3 Å². The van der Waals surface area contributed by atoms with Crippen LogP contribution in [0.4, 0.5) is 0 Å². The Kier molecular flexibility index (Phi) is 22.5. The minimum atomic E-state index is 0.0997. The number of halogens is 1. The van der Waals surface area contributed by atoms with Gasteiger partial charge in [0.1, 0.15) is 12.2 Å². The predicted octanol–water partition coefficient (Wildman–Crippen LogP) is 13.6. The third-order valence-electron chi connectivity index (χ3n) is 10.6. The lowest BCUT2D eigenvalue weighted by atomic mass is 9.82. The van der Waals surface area contributed by atoms with Crippen LogP contribution in [-0.2, 0) is 9.68 Å². The van der Waals surface area contributed by atoms with Crippen molar-refractivity contribution in [2.24, 2.45) is 0 Å². The third kappa shape index (κ3) is 16.1. The lowest BCUT2D eigenvalue weighted by molar-refractivity contribution is -0.308. The van der Waals surface area contributed by atoms with Crippen LogP contribution in [0.5, 0.6) is 0 Å². The molecule has 0 bridgehead atoms. The summed E-state index contributed by atoms with van der Waals surface area (Å²) in [6, 6.07) is 21.3. The van der Waals surface area contributed by atoms with E-state index in [-0.39, 0.29) is 34.4 Å². The summed E-state index contributed by atoms with van der Waals surface area (Å²) in [6.45, 7) is 34.9. The van der Waals surface area contributed by atoms with Crippen molar-refractivity contribution in [1.29, 1.82) is 0 Å². The van der Waals surface area contributed by atoms with Gasteiger partial charge in [-0.1, -0.05) is 115 Å². The zero-order valence-corrected chi connectivity index (χ0v) is 37.1. The molecule has 2 aliphatic rings.